The van der Waals surface area contributed by atoms with Gasteiger partial charge in [0.15, 0.2) is 0 Å². The number of unbranched alkanes of at least 4 members (excludes halogenated alkanes) is 1. The number of morpholine rings is 1. The lowest BCUT2D eigenvalue weighted by atomic mass is 9.94. The number of carbonyl (C=O) groups excluding carboxylic acids is 2. The third-order valence-corrected chi connectivity index (χ3v) is 6.93. The molecule has 0 saturated carbocycles. The summed E-state index contributed by atoms with van der Waals surface area (Å²) in [5.74, 6) is -0.734. The molecule has 2 saturated heterocycles. The lowest BCUT2D eigenvalue weighted by molar-refractivity contribution is -0.140. The van der Waals surface area contributed by atoms with E-state index in [1.54, 1.807) is 30.3 Å². The zero-order chi connectivity index (χ0) is 26.4. The zero-order valence-electron chi connectivity index (χ0n) is 21.6. The Balaban J connectivity index is 1.64. The molecule has 0 unspecified atom stereocenters. The fraction of sp³-hybridized carbons (Fsp3) is 0.448. The van der Waals surface area contributed by atoms with Gasteiger partial charge in [0.25, 0.3) is 11.7 Å². The van der Waals surface area contributed by atoms with Crippen LogP contribution in [-0.4, -0.2) is 77.7 Å². The van der Waals surface area contributed by atoms with E-state index in [0.29, 0.717) is 43.9 Å². The number of likely N-dealkylation sites (tertiary alicyclic amines) is 1. The normalized spacial score (nSPS) is 19.9. The van der Waals surface area contributed by atoms with Crippen LogP contribution in [0.2, 0.25) is 0 Å². The second kappa shape index (κ2) is 12.3. The van der Waals surface area contributed by atoms with E-state index in [9.17, 15) is 19.8 Å². The standard InChI is InChI=1S/C29H36N2O6/c1-3-4-16-37-24-11-8-22(19-20(24)2)27(33)25-26(21-6-9-23(32)10-7-21)31(29(35)28(25)34)13-5-12-30-14-17-36-18-15-30/h6-11,19,26,32-33H,3-5,12-18H2,1-2H3/t26-/m1/s1. The predicted octanol–water partition coefficient (Wildman–Crippen LogP) is 4.02. The second-order valence-electron chi connectivity index (χ2n) is 9.57. The fourth-order valence-electron chi connectivity index (χ4n) is 4.84. The Kier molecular flexibility index (Phi) is 8.84. The highest BCUT2D eigenvalue weighted by Gasteiger charge is 2.45. The minimum absolute atomic E-state index is 0.0566. The molecule has 198 valence electrons. The average Bonchev–Trinajstić information content (AvgIpc) is 3.15. The predicted molar refractivity (Wildman–Crippen MR) is 141 cm³/mol. The number of aromatic hydroxyl groups is 1. The number of amides is 1. The first-order valence-corrected chi connectivity index (χ1v) is 13.0. The van der Waals surface area contributed by atoms with Gasteiger partial charge in [-0.2, -0.15) is 0 Å². The summed E-state index contributed by atoms with van der Waals surface area (Å²) >= 11 is 0. The van der Waals surface area contributed by atoms with Crippen LogP contribution in [-0.2, 0) is 14.3 Å². The lowest BCUT2D eigenvalue weighted by Gasteiger charge is -2.29. The van der Waals surface area contributed by atoms with Gasteiger partial charge < -0.3 is 24.6 Å². The molecule has 2 aromatic carbocycles. The molecule has 4 rings (SSSR count). The summed E-state index contributed by atoms with van der Waals surface area (Å²) in [6.45, 7) is 8.83. The van der Waals surface area contributed by atoms with Crippen LogP contribution in [0.15, 0.2) is 48.0 Å². The molecule has 1 amide bonds. The van der Waals surface area contributed by atoms with Gasteiger partial charge in [-0.05, 0) is 61.2 Å². The monoisotopic (exact) mass is 508 g/mol. The van der Waals surface area contributed by atoms with Gasteiger partial charge in [0, 0.05) is 31.7 Å². The SMILES string of the molecule is CCCCOc1ccc(C(O)=C2C(=O)C(=O)N(CCCN3CCOCC3)[C@@H]2c2ccc(O)cc2)cc1C. The van der Waals surface area contributed by atoms with Crippen molar-refractivity contribution in [2.75, 3.05) is 46.0 Å². The number of hydrogen-bond acceptors (Lipinski definition) is 7. The number of ether oxygens (including phenoxy) is 2. The van der Waals surface area contributed by atoms with Crippen LogP contribution in [0.1, 0.15) is 48.9 Å². The van der Waals surface area contributed by atoms with Crippen LogP contribution in [0, 0.1) is 6.92 Å². The molecule has 8 nitrogen and oxygen atoms in total. The smallest absolute Gasteiger partial charge is 0.295 e. The number of Topliss-reactive ketones (excluding diaryl/α,β-unsaturated/α-hetero) is 1. The molecule has 2 heterocycles. The van der Waals surface area contributed by atoms with Crippen molar-refractivity contribution in [2.45, 2.75) is 39.2 Å². The Hall–Kier alpha value is -3.36. The van der Waals surface area contributed by atoms with E-state index in [1.165, 1.54) is 17.0 Å². The Morgan fingerprint density at radius 3 is 2.46 bits per heavy atom. The molecule has 2 aromatic rings. The van der Waals surface area contributed by atoms with Gasteiger partial charge in [-0.15, -0.1) is 0 Å². The minimum Gasteiger partial charge on any atom is -0.508 e. The summed E-state index contributed by atoms with van der Waals surface area (Å²) in [5, 5.41) is 21.1. The molecule has 0 spiro atoms. The number of aliphatic hydroxyl groups excluding tert-OH is 1. The number of nitrogens with zero attached hydrogens (tertiary/aromatic N) is 2. The molecule has 0 radical (unpaired) electrons. The van der Waals surface area contributed by atoms with Crippen molar-refractivity contribution in [3.05, 3.63) is 64.7 Å². The number of phenols is 1. The van der Waals surface area contributed by atoms with E-state index in [4.69, 9.17) is 9.47 Å². The number of carbonyl (C=O) groups is 2. The lowest BCUT2D eigenvalue weighted by Crippen LogP contribution is -2.38. The van der Waals surface area contributed by atoms with Gasteiger partial charge in [0.2, 0.25) is 0 Å². The Morgan fingerprint density at radius 2 is 1.78 bits per heavy atom. The molecule has 8 heteroatoms. The summed E-state index contributed by atoms with van der Waals surface area (Å²) < 4.78 is 11.2. The first-order chi connectivity index (χ1) is 17.9. The molecule has 0 aromatic heterocycles. The largest absolute Gasteiger partial charge is 0.508 e. The molecule has 2 aliphatic heterocycles. The molecule has 2 aliphatic rings. The van der Waals surface area contributed by atoms with E-state index in [2.05, 4.69) is 11.8 Å². The molecule has 0 aliphatic carbocycles. The van der Waals surface area contributed by atoms with E-state index < -0.39 is 17.7 Å². The molecular weight excluding hydrogens is 472 g/mol. The summed E-state index contributed by atoms with van der Waals surface area (Å²) in [4.78, 5) is 30.3. The first-order valence-electron chi connectivity index (χ1n) is 13.0. The molecule has 1 atom stereocenters. The van der Waals surface area contributed by atoms with Crippen molar-refractivity contribution in [3.8, 4) is 11.5 Å². The van der Waals surface area contributed by atoms with Crippen molar-refractivity contribution < 1.29 is 29.3 Å². The zero-order valence-corrected chi connectivity index (χ0v) is 21.6. The highest BCUT2D eigenvalue weighted by atomic mass is 16.5. The van der Waals surface area contributed by atoms with Crippen LogP contribution in [0.5, 0.6) is 11.5 Å². The summed E-state index contributed by atoms with van der Waals surface area (Å²) in [6, 6.07) is 10.9. The van der Waals surface area contributed by atoms with Gasteiger partial charge in [-0.25, -0.2) is 0 Å². The van der Waals surface area contributed by atoms with Gasteiger partial charge in [0.05, 0.1) is 31.4 Å². The summed E-state index contributed by atoms with van der Waals surface area (Å²) in [6.07, 6.45) is 2.66. The summed E-state index contributed by atoms with van der Waals surface area (Å²) in [5.41, 5.74) is 2.00. The Morgan fingerprint density at radius 1 is 1.05 bits per heavy atom. The number of phenolic OH excluding ortho intramolecular Hbond substituents is 1. The van der Waals surface area contributed by atoms with Crippen LogP contribution in [0.3, 0.4) is 0 Å². The van der Waals surface area contributed by atoms with Crippen molar-refractivity contribution >= 4 is 17.4 Å². The van der Waals surface area contributed by atoms with Crippen LogP contribution in [0.4, 0.5) is 0 Å². The van der Waals surface area contributed by atoms with Gasteiger partial charge in [0.1, 0.15) is 17.3 Å². The van der Waals surface area contributed by atoms with Crippen molar-refractivity contribution in [2.24, 2.45) is 0 Å². The molecular formula is C29H36N2O6. The topological polar surface area (TPSA) is 99.5 Å². The number of benzene rings is 2. The molecule has 37 heavy (non-hydrogen) atoms. The van der Waals surface area contributed by atoms with E-state index in [1.807, 2.05) is 6.92 Å². The maximum Gasteiger partial charge on any atom is 0.295 e. The number of aryl methyl sites for hydroxylation is 1. The van der Waals surface area contributed by atoms with Crippen molar-refractivity contribution in [3.63, 3.8) is 0 Å². The third-order valence-electron chi connectivity index (χ3n) is 6.93. The highest BCUT2D eigenvalue weighted by Crippen LogP contribution is 2.40. The molecule has 0 bridgehead atoms. The number of rotatable bonds is 10. The Labute approximate surface area is 218 Å². The third kappa shape index (κ3) is 6.14. The van der Waals surface area contributed by atoms with Gasteiger partial charge >= 0.3 is 0 Å². The van der Waals surface area contributed by atoms with Crippen LogP contribution >= 0.6 is 0 Å². The maximum atomic E-state index is 13.3. The van der Waals surface area contributed by atoms with Crippen LogP contribution in [0.25, 0.3) is 5.76 Å². The van der Waals surface area contributed by atoms with Gasteiger partial charge in [-0.3, -0.25) is 14.5 Å². The van der Waals surface area contributed by atoms with E-state index >= 15 is 0 Å². The van der Waals surface area contributed by atoms with E-state index in [-0.39, 0.29) is 17.1 Å². The van der Waals surface area contributed by atoms with E-state index in [0.717, 1.165) is 43.8 Å². The Bertz CT molecular complexity index is 1140. The van der Waals surface area contributed by atoms with Gasteiger partial charge in [-0.1, -0.05) is 25.5 Å². The summed E-state index contributed by atoms with van der Waals surface area (Å²) in [7, 11) is 0. The quantitative estimate of drug-likeness (QED) is 0.216. The average molecular weight is 509 g/mol. The maximum absolute atomic E-state index is 13.3. The minimum atomic E-state index is -0.744. The highest BCUT2D eigenvalue weighted by molar-refractivity contribution is 6.46. The number of hydrogen-bond donors (Lipinski definition) is 2. The van der Waals surface area contributed by atoms with Crippen molar-refractivity contribution in [1.82, 2.24) is 9.80 Å². The van der Waals surface area contributed by atoms with Crippen LogP contribution < -0.4 is 4.74 Å². The number of aliphatic hydroxyl groups is 1. The second-order valence-corrected chi connectivity index (χ2v) is 9.57. The fourth-order valence-corrected chi connectivity index (χ4v) is 4.84. The molecule has 2 N–H and O–H groups in total. The first kappa shape index (κ1) is 26.7. The van der Waals surface area contributed by atoms with Crippen molar-refractivity contribution in [1.29, 1.82) is 0 Å². The number of ketones is 1. The molecule has 2 fully saturated rings.